The normalized spacial score (nSPS) is 10.5. The van der Waals surface area contributed by atoms with Crippen molar-refractivity contribution in [1.82, 2.24) is 14.7 Å². The van der Waals surface area contributed by atoms with E-state index in [1.54, 1.807) is 29.7 Å². The predicted molar refractivity (Wildman–Crippen MR) is 117 cm³/mol. The Kier molecular flexibility index (Phi) is 6.67. The minimum absolute atomic E-state index is 0.189. The second-order valence-electron chi connectivity index (χ2n) is 5.96. The summed E-state index contributed by atoms with van der Waals surface area (Å²) in [5, 5.41) is 9.83. The standard InChI is InChI=1S/C19H19N5OS3/c1-12-16(27-11-21-12)8-9-24(15-6-4-14(10-20)5-7-15)19-22-17(13(2)28-19)18(25)23-26-3/h4-7,11H,8-9H2,1-3H3,(H,23,25). The minimum Gasteiger partial charge on any atom is -0.317 e. The van der Waals surface area contributed by atoms with E-state index < -0.39 is 0 Å². The summed E-state index contributed by atoms with van der Waals surface area (Å²) >= 11 is 4.39. The lowest BCUT2D eigenvalue weighted by molar-refractivity contribution is 0.0980. The average Bonchev–Trinajstić information content (AvgIpc) is 3.28. The number of benzene rings is 1. The Bertz CT molecular complexity index is 1000. The Morgan fingerprint density at radius 3 is 2.68 bits per heavy atom. The Morgan fingerprint density at radius 2 is 2.07 bits per heavy atom. The van der Waals surface area contributed by atoms with E-state index in [1.807, 2.05) is 31.5 Å². The number of amides is 1. The third-order valence-corrected chi connectivity index (χ3v) is 6.52. The third-order valence-electron chi connectivity index (χ3n) is 4.14. The number of carbonyl (C=O) groups excluding carboxylic acids is 1. The number of thiazole rings is 2. The Morgan fingerprint density at radius 1 is 1.32 bits per heavy atom. The van der Waals surface area contributed by atoms with Crippen molar-refractivity contribution >= 4 is 51.3 Å². The van der Waals surface area contributed by atoms with Crippen LogP contribution in [0.4, 0.5) is 10.8 Å². The lowest BCUT2D eigenvalue weighted by Crippen LogP contribution is -2.21. The van der Waals surface area contributed by atoms with Gasteiger partial charge in [0.15, 0.2) is 5.13 Å². The van der Waals surface area contributed by atoms with Gasteiger partial charge in [0.05, 0.1) is 22.8 Å². The molecule has 1 amide bonds. The van der Waals surface area contributed by atoms with Crippen LogP contribution in [0, 0.1) is 25.2 Å². The molecule has 0 atom stereocenters. The summed E-state index contributed by atoms with van der Waals surface area (Å²) in [5.41, 5.74) is 4.89. The van der Waals surface area contributed by atoms with E-state index in [0.717, 1.165) is 27.8 Å². The monoisotopic (exact) mass is 429 g/mol. The van der Waals surface area contributed by atoms with Crippen molar-refractivity contribution in [3.63, 3.8) is 0 Å². The van der Waals surface area contributed by atoms with Crippen LogP contribution in [0.1, 0.15) is 31.5 Å². The molecule has 0 unspecified atom stereocenters. The van der Waals surface area contributed by atoms with Crippen molar-refractivity contribution in [2.24, 2.45) is 0 Å². The van der Waals surface area contributed by atoms with Gasteiger partial charge in [-0.25, -0.2) is 9.97 Å². The van der Waals surface area contributed by atoms with E-state index in [0.29, 0.717) is 17.8 Å². The maximum atomic E-state index is 12.3. The van der Waals surface area contributed by atoms with Gasteiger partial charge in [0.25, 0.3) is 5.91 Å². The molecule has 1 aromatic carbocycles. The van der Waals surface area contributed by atoms with Crippen molar-refractivity contribution in [2.45, 2.75) is 20.3 Å². The minimum atomic E-state index is -0.189. The van der Waals surface area contributed by atoms with E-state index in [1.165, 1.54) is 28.2 Å². The molecule has 28 heavy (non-hydrogen) atoms. The first-order valence-corrected chi connectivity index (χ1v) is 11.4. The number of nitriles is 1. The SMILES string of the molecule is CSNC(=O)c1nc(N(CCc2scnc2C)c2ccc(C#N)cc2)sc1C. The molecule has 0 bridgehead atoms. The highest BCUT2D eigenvalue weighted by Crippen LogP contribution is 2.32. The van der Waals surface area contributed by atoms with Gasteiger partial charge in [-0.2, -0.15) is 5.26 Å². The highest BCUT2D eigenvalue weighted by molar-refractivity contribution is 7.97. The topological polar surface area (TPSA) is 81.9 Å². The van der Waals surface area contributed by atoms with Gasteiger partial charge in [-0.05, 0) is 38.1 Å². The largest absolute Gasteiger partial charge is 0.317 e. The summed E-state index contributed by atoms with van der Waals surface area (Å²) in [4.78, 5) is 25.4. The summed E-state index contributed by atoms with van der Waals surface area (Å²) in [6, 6.07) is 9.56. The van der Waals surface area contributed by atoms with Crippen LogP contribution in [0.3, 0.4) is 0 Å². The van der Waals surface area contributed by atoms with Gasteiger partial charge in [-0.15, -0.1) is 22.7 Å². The van der Waals surface area contributed by atoms with Crippen molar-refractivity contribution < 1.29 is 4.79 Å². The van der Waals surface area contributed by atoms with Gasteiger partial charge in [-0.3, -0.25) is 9.52 Å². The number of aromatic nitrogens is 2. The lowest BCUT2D eigenvalue weighted by Gasteiger charge is -2.22. The number of rotatable bonds is 7. The van der Waals surface area contributed by atoms with Crippen LogP contribution in [-0.2, 0) is 6.42 Å². The zero-order valence-electron chi connectivity index (χ0n) is 15.7. The molecule has 0 saturated carbocycles. The first-order valence-electron chi connectivity index (χ1n) is 8.51. The number of anilines is 2. The molecule has 2 heterocycles. The zero-order chi connectivity index (χ0) is 20.1. The van der Waals surface area contributed by atoms with Crippen molar-refractivity contribution in [1.29, 1.82) is 5.26 Å². The summed E-state index contributed by atoms with van der Waals surface area (Å²) in [6.45, 7) is 4.61. The number of carbonyl (C=O) groups is 1. The van der Waals surface area contributed by atoms with Crippen LogP contribution in [0.25, 0.3) is 0 Å². The van der Waals surface area contributed by atoms with Gasteiger partial charge in [0, 0.05) is 34.7 Å². The fourth-order valence-corrected chi connectivity index (χ4v) is 4.69. The molecule has 2 aromatic heterocycles. The number of nitrogens with one attached hydrogen (secondary N) is 1. The van der Waals surface area contributed by atoms with Crippen molar-refractivity contribution in [3.8, 4) is 6.07 Å². The first kappa shape index (κ1) is 20.3. The average molecular weight is 430 g/mol. The van der Waals surface area contributed by atoms with Gasteiger partial charge in [0.1, 0.15) is 5.69 Å². The van der Waals surface area contributed by atoms with Crippen LogP contribution < -0.4 is 9.62 Å². The van der Waals surface area contributed by atoms with Crippen LogP contribution in [0.2, 0.25) is 0 Å². The van der Waals surface area contributed by atoms with Gasteiger partial charge >= 0.3 is 0 Å². The predicted octanol–water partition coefficient (Wildman–Crippen LogP) is 4.48. The summed E-state index contributed by atoms with van der Waals surface area (Å²) in [5.74, 6) is -0.189. The second-order valence-corrected chi connectivity index (χ2v) is 8.69. The molecule has 0 aliphatic rings. The van der Waals surface area contributed by atoms with E-state index >= 15 is 0 Å². The Balaban J connectivity index is 1.93. The first-order chi connectivity index (χ1) is 13.5. The maximum absolute atomic E-state index is 12.3. The molecule has 9 heteroatoms. The molecule has 0 aliphatic carbocycles. The van der Waals surface area contributed by atoms with Gasteiger partial charge < -0.3 is 4.90 Å². The van der Waals surface area contributed by atoms with Gasteiger partial charge in [-0.1, -0.05) is 11.9 Å². The highest BCUT2D eigenvalue weighted by Gasteiger charge is 2.20. The molecule has 0 saturated heterocycles. The summed E-state index contributed by atoms with van der Waals surface area (Å²) in [7, 11) is 0. The molecule has 0 fully saturated rings. The number of nitrogens with zero attached hydrogens (tertiary/aromatic N) is 4. The fraction of sp³-hybridized carbons (Fsp3) is 0.263. The summed E-state index contributed by atoms with van der Waals surface area (Å²) < 4.78 is 2.73. The smallest absolute Gasteiger partial charge is 0.280 e. The van der Waals surface area contributed by atoms with Crippen molar-refractivity contribution in [3.05, 3.63) is 56.5 Å². The molecule has 6 nitrogen and oxygen atoms in total. The van der Waals surface area contributed by atoms with Crippen LogP contribution >= 0.6 is 34.6 Å². The highest BCUT2D eigenvalue weighted by atomic mass is 32.2. The van der Waals surface area contributed by atoms with Crippen LogP contribution in [-0.4, -0.2) is 28.7 Å². The maximum Gasteiger partial charge on any atom is 0.280 e. The van der Waals surface area contributed by atoms with E-state index in [2.05, 4.69) is 25.7 Å². The summed E-state index contributed by atoms with van der Waals surface area (Å²) in [6.07, 6.45) is 2.63. The molecule has 3 aromatic rings. The molecule has 1 N–H and O–H groups in total. The van der Waals surface area contributed by atoms with Crippen molar-refractivity contribution in [2.75, 3.05) is 17.7 Å². The molecule has 3 rings (SSSR count). The Hall–Kier alpha value is -2.41. The van der Waals surface area contributed by atoms with E-state index in [4.69, 9.17) is 5.26 Å². The molecule has 0 spiro atoms. The molecule has 0 aliphatic heterocycles. The van der Waals surface area contributed by atoms with Crippen LogP contribution in [0.5, 0.6) is 0 Å². The zero-order valence-corrected chi connectivity index (χ0v) is 18.2. The number of hydrogen-bond donors (Lipinski definition) is 1. The van der Waals surface area contributed by atoms with E-state index in [-0.39, 0.29) is 5.91 Å². The number of aryl methyl sites for hydroxylation is 2. The molecule has 0 radical (unpaired) electrons. The number of hydrogen-bond acceptors (Lipinski definition) is 8. The third kappa shape index (κ3) is 4.52. The fourth-order valence-electron chi connectivity index (χ4n) is 2.68. The second kappa shape index (κ2) is 9.19. The van der Waals surface area contributed by atoms with Gasteiger partial charge in [0.2, 0.25) is 0 Å². The molecular weight excluding hydrogens is 410 g/mol. The Labute approximate surface area is 176 Å². The van der Waals surface area contributed by atoms with E-state index in [9.17, 15) is 4.79 Å². The lowest BCUT2D eigenvalue weighted by atomic mass is 10.2. The quantitative estimate of drug-likeness (QED) is 0.558. The van der Waals surface area contributed by atoms with Crippen LogP contribution in [0.15, 0.2) is 29.8 Å². The molecule has 144 valence electrons. The molecular formula is C19H19N5OS3.